The Hall–Kier alpha value is -2.38. The molecule has 4 rings (SSSR count). The summed E-state index contributed by atoms with van der Waals surface area (Å²) in [6.45, 7) is 4.37. The maximum atomic E-state index is 13.3. The van der Waals surface area contributed by atoms with Gasteiger partial charge in [-0.1, -0.05) is 0 Å². The number of nitrogens with one attached hydrogen (secondary N) is 2. The van der Waals surface area contributed by atoms with Gasteiger partial charge in [0.15, 0.2) is 20.8 Å². The summed E-state index contributed by atoms with van der Waals surface area (Å²) in [4.78, 5) is 11.8. The summed E-state index contributed by atoms with van der Waals surface area (Å²) in [7, 11) is -3.49. The molecule has 202 valence electrons. The summed E-state index contributed by atoms with van der Waals surface area (Å²) >= 11 is 5.29. The minimum atomic E-state index is -3.49. The first-order chi connectivity index (χ1) is 17.8. The number of sulfone groups is 1. The fraction of sp³-hybridized carbons (Fsp3) is 0.560. The number of aromatic nitrogens is 2. The van der Waals surface area contributed by atoms with Gasteiger partial charge in [-0.15, -0.1) is 0 Å². The van der Waals surface area contributed by atoms with Gasteiger partial charge in [-0.05, 0) is 69.1 Å². The van der Waals surface area contributed by atoms with E-state index in [9.17, 15) is 13.5 Å². The van der Waals surface area contributed by atoms with E-state index in [0.717, 1.165) is 11.3 Å². The molecule has 1 aliphatic carbocycles. The zero-order chi connectivity index (χ0) is 26.5. The molecule has 2 aliphatic rings. The average Bonchev–Trinajstić information content (AvgIpc) is 3.71. The van der Waals surface area contributed by atoms with Crippen LogP contribution in [0.3, 0.4) is 0 Å². The zero-order valence-electron chi connectivity index (χ0n) is 21.0. The van der Waals surface area contributed by atoms with Gasteiger partial charge in [0.25, 0.3) is 0 Å². The molecule has 4 N–H and O–H groups in total. The van der Waals surface area contributed by atoms with Gasteiger partial charge in [0.1, 0.15) is 10.6 Å². The Morgan fingerprint density at radius 1 is 1.19 bits per heavy atom. The van der Waals surface area contributed by atoms with E-state index in [1.165, 1.54) is 0 Å². The lowest BCUT2D eigenvalue weighted by Crippen LogP contribution is -2.44. The molecule has 1 atom stereocenters. The van der Waals surface area contributed by atoms with Crippen LogP contribution in [0.1, 0.15) is 38.3 Å². The second-order valence-corrected chi connectivity index (χ2v) is 12.3. The maximum absolute atomic E-state index is 13.3. The second kappa shape index (κ2) is 12.0. The highest BCUT2D eigenvalue weighted by Gasteiger charge is 2.56. The molecular weight excluding hydrogens is 514 g/mol. The van der Waals surface area contributed by atoms with Gasteiger partial charge in [0.2, 0.25) is 0 Å². The monoisotopic (exact) mass is 549 g/mol. The smallest absolute Gasteiger partial charge is 0.170 e. The highest BCUT2D eigenvalue weighted by Crippen LogP contribution is 2.53. The quantitative estimate of drug-likeness (QED) is 0.241. The minimum Gasteiger partial charge on any atom is -0.396 e. The molecule has 12 heteroatoms. The molecule has 0 radical (unpaired) electrons. The zero-order valence-corrected chi connectivity index (χ0v) is 22.7. The molecule has 1 aliphatic heterocycles. The van der Waals surface area contributed by atoms with E-state index in [1.54, 1.807) is 0 Å². The molecule has 1 aromatic heterocycles. The topological polar surface area (TPSA) is 137 Å². The molecule has 1 aromatic carbocycles. The SMILES string of the molecule is C[C@H]1COCCN1c1cc(C2(S(=O)(=O)CCCO)CC2)nc(-c2ccc(NC(=S)NCCCO)cc2)n1. The van der Waals surface area contributed by atoms with Gasteiger partial charge in [-0.25, -0.2) is 18.4 Å². The number of aliphatic hydroxyl groups excluding tert-OH is 2. The van der Waals surface area contributed by atoms with Crippen molar-refractivity contribution >= 4 is 38.7 Å². The van der Waals surface area contributed by atoms with Gasteiger partial charge in [-0.2, -0.15) is 0 Å². The molecule has 0 unspecified atom stereocenters. The van der Waals surface area contributed by atoms with E-state index in [4.69, 9.17) is 32.0 Å². The van der Waals surface area contributed by atoms with E-state index in [0.29, 0.717) is 68.0 Å². The first-order valence-electron chi connectivity index (χ1n) is 12.6. The van der Waals surface area contributed by atoms with Crippen LogP contribution < -0.4 is 15.5 Å². The molecule has 1 saturated heterocycles. The van der Waals surface area contributed by atoms with Gasteiger partial charge in [0, 0.05) is 43.6 Å². The Labute approximate surface area is 223 Å². The van der Waals surface area contributed by atoms with Gasteiger partial charge in [-0.3, -0.25) is 0 Å². The molecule has 37 heavy (non-hydrogen) atoms. The van der Waals surface area contributed by atoms with Crippen LogP contribution in [0.15, 0.2) is 30.3 Å². The number of nitrogens with zero attached hydrogens (tertiary/aromatic N) is 3. The Balaban J connectivity index is 1.65. The molecule has 2 fully saturated rings. The summed E-state index contributed by atoms with van der Waals surface area (Å²) in [5, 5.41) is 24.7. The van der Waals surface area contributed by atoms with E-state index in [-0.39, 0.29) is 31.4 Å². The average molecular weight is 550 g/mol. The third-order valence-electron chi connectivity index (χ3n) is 6.73. The number of hydrogen-bond donors (Lipinski definition) is 4. The van der Waals surface area contributed by atoms with Crippen LogP contribution in [-0.4, -0.2) is 85.0 Å². The van der Waals surface area contributed by atoms with E-state index in [2.05, 4.69) is 22.5 Å². The van der Waals surface area contributed by atoms with Crippen LogP contribution in [0.4, 0.5) is 11.5 Å². The van der Waals surface area contributed by atoms with E-state index < -0.39 is 14.6 Å². The number of rotatable bonds is 11. The van der Waals surface area contributed by atoms with Crippen LogP contribution in [-0.2, 0) is 19.3 Å². The van der Waals surface area contributed by atoms with Crippen molar-refractivity contribution in [3.05, 3.63) is 36.0 Å². The fourth-order valence-electron chi connectivity index (χ4n) is 4.46. The van der Waals surface area contributed by atoms with Crippen molar-refractivity contribution in [3.8, 4) is 11.4 Å². The number of morpholine rings is 1. The van der Waals surface area contributed by atoms with Gasteiger partial charge >= 0.3 is 0 Å². The van der Waals surface area contributed by atoms with E-state index in [1.807, 2.05) is 30.3 Å². The van der Waals surface area contributed by atoms with Crippen molar-refractivity contribution < 1.29 is 23.4 Å². The largest absolute Gasteiger partial charge is 0.396 e. The molecule has 2 heterocycles. The Kier molecular flexibility index (Phi) is 8.96. The summed E-state index contributed by atoms with van der Waals surface area (Å²) in [5.41, 5.74) is 2.06. The third-order valence-corrected chi connectivity index (χ3v) is 9.61. The Morgan fingerprint density at radius 3 is 2.57 bits per heavy atom. The van der Waals surface area contributed by atoms with Crippen LogP contribution >= 0.6 is 12.2 Å². The number of ether oxygens (including phenoxy) is 1. The van der Waals surface area contributed by atoms with Crippen molar-refractivity contribution in [3.63, 3.8) is 0 Å². The third kappa shape index (κ3) is 6.37. The number of anilines is 2. The highest BCUT2D eigenvalue weighted by atomic mass is 32.2. The van der Waals surface area contributed by atoms with Crippen molar-refractivity contribution in [2.24, 2.45) is 0 Å². The van der Waals surface area contributed by atoms with Crippen molar-refractivity contribution in [1.29, 1.82) is 0 Å². The number of hydrogen-bond acceptors (Lipinski definition) is 9. The van der Waals surface area contributed by atoms with Crippen LogP contribution in [0, 0.1) is 0 Å². The first-order valence-corrected chi connectivity index (χ1v) is 14.7. The highest BCUT2D eigenvalue weighted by molar-refractivity contribution is 7.92. The summed E-state index contributed by atoms with van der Waals surface area (Å²) < 4.78 is 31.1. The Bertz CT molecular complexity index is 1190. The standard InChI is InChI=1S/C25H35N5O5S2/c1-18-17-35-14-11-30(18)22-16-21(25(8-9-25)37(33,34)15-3-13-32)28-23(29-22)19-4-6-20(7-5-19)27-24(36)26-10-2-12-31/h4-7,16,18,31-32H,2-3,8-15,17H2,1H3,(H2,26,27,36)/t18-/m0/s1. The van der Waals surface area contributed by atoms with Gasteiger partial charge in [0.05, 0.1) is 30.7 Å². The van der Waals surface area contributed by atoms with Gasteiger partial charge < -0.3 is 30.5 Å². The predicted octanol–water partition coefficient (Wildman–Crippen LogP) is 1.82. The van der Waals surface area contributed by atoms with Crippen molar-refractivity contribution in [2.45, 2.75) is 43.4 Å². The lowest BCUT2D eigenvalue weighted by atomic mass is 10.1. The normalized spacial score (nSPS) is 18.9. The Morgan fingerprint density at radius 2 is 1.92 bits per heavy atom. The predicted molar refractivity (Wildman–Crippen MR) is 147 cm³/mol. The van der Waals surface area contributed by atoms with E-state index >= 15 is 0 Å². The molecule has 2 aromatic rings. The molecule has 1 saturated carbocycles. The number of benzene rings is 1. The molecule has 10 nitrogen and oxygen atoms in total. The molecule has 0 bridgehead atoms. The van der Waals surface area contributed by atoms with Crippen molar-refractivity contribution in [1.82, 2.24) is 15.3 Å². The molecule has 0 amide bonds. The van der Waals surface area contributed by atoms with Crippen molar-refractivity contribution in [2.75, 3.05) is 55.5 Å². The summed E-state index contributed by atoms with van der Waals surface area (Å²) in [5.74, 6) is 1.08. The second-order valence-electron chi connectivity index (χ2n) is 9.48. The molecular formula is C25H35N5O5S2. The summed E-state index contributed by atoms with van der Waals surface area (Å²) in [6.07, 6.45) is 1.84. The summed E-state index contributed by atoms with van der Waals surface area (Å²) in [6, 6.07) is 9.41. The van der Waals surface area contributed by atoms with Crippen LogP contribution in [0.5, 0.6) is 0 Å². The fourth-order valence-corrected chi connectivity index (χ4v) is 6.73. The number of aliphatic hydroxyl groups is 2. The first kappa shape index (κ1) is 27.6. The maximum Gasteiger partial charge on any atom is 0.170 e. The minimum absolute atomic E-state index is 0.0707. The van der Waals surface area contributed by atoms with Crippen LogP contribution in [0.2, 0.25) is 0 Å². The molecule has 0 spiro atoms. The van der Waals surface area contributed by atoms with Crippen LogP contribution in [0.25, 0.3) is 11.4 Å². The lowest BCUT2D eigenvalue weighted by Gasteiger charge is -2.34. The lowest BCUT2D eigenvalue weighted by molar-refractivity contribution is 0.0985. The number of thiocarbonyl (C=S) groups is 1.